The third kappa shape index (κ3) is 7.36. The smallest absolute Gasteiger partial charge is 0.310 e. The van der Waals surface area contributed by atoms with Gasteiger partial charge in [0.1, 0.15) is 0 Å². The number of amides is 1. The highest BCUT2D eigenvalue weighted by Gasteiger charge is 2.19. The lowest BCUT2D eigenvalue weighted by molar-refractivity contribution is -0.142. The first-order valence-electron chi connectivity index (χ1n) is 12.8. The van der Waals surface area contributed by atoms with Crippen molar-refractivity contribution in [1.82, 2.24) is 20.0 Å². The van der Waals surface area contributed by atoms with Gasteiger partial charge in [0.15, 0.2) is 0 Å². The molecule has 1 amide bonds. The molecule has 2 heterocycles. The fourth-order valence-corrected chi connectivity index (χ4v) is 4.65. The second kappa shape index (κ2) is 12.5. The number of nitrogens with zero attached hydrogens (tertiary/aromatic N) is 3. The monoisotopic (exact) mass is 502 g/mol. The van der Waals surface area contributed by atoms with Crippen molar-refractivity contribution in [1.29, 1.82) is 0 Å². The Morgan fingerprint density at radius 2 is 1.86 bits per heavy atom. The highest BCUT2D eigenvalue weighted by molar-refractivity contribution is 5.94. The van der Waals surface area contributed by atoms with E-state index >= 15 is 0 Å². The van der Waals surface area contributed by atoms with E-state index in [9.17, 15) is 14.4 Å². The molecule has 37 heavy (non-hydrogen) atoms. The zero-order valence-corrected chi connectivity index (χ0v) is 21.5. The normalized spacial score (nSPS) is 15.5. The SMILES string of the molecule is CCOC(=O)Cc1cccc(Cn2nc(-c3ccc(C(=O)NCCC4CCN(C)C4)cc3)ccc2=O)c1. The fourth-order valence-electron chi connectivity index (χ4n) is 4.65. The van der Waals surface area contributed by atoms with Crippen LogP contribution in [0.2, 0.25) is 0 Å². The van der Waals surface area contributed by atoms with E-state index in [1.807, 2.05) is 36.4 Å². The molecule has 0 radical (unpaired) electrons. The lowest BCUT2D eigenvalue weighted by atomic mass is 10.0. The summed E-state index contributed by atoms with van der Waals surface area (Å²) in [5.41, 5.74) is 3.52. The number of carbonyl (C=O) groups excluding carboxylic acids is 2. The molecule has 0 spiro atoms. The summed E-state index contributed by atoms with van der Waals surface area (Å²) in [5.74, 6) is 0.281. The Labute approximate surface area is 217 Å². The summed E-state index contributed by atoms with van der Waals surface area (Å²) in [6.45, 7) is 5.29. The molecule has 0 bridgehead atoms. The van der Waals surface area contributed by atoms with E-state index in [1.165, 1.54) is 17.2 Å². The number of esters is 1. The summed E-state index contributed by atoms with van der Waals surface area (Å²) >= 11 is 0. The molecule has 1 aliphatic rings. The molecule has 1 N–H and O–H groups in total. The lowest BCUT2D eigenvalue weighted by Gasteiger charge is -2.11. The van der Waals surface area contributed by atoms with Crippen molar-refractivity contribution in [2.45, 2.75) is 32.7 Å². The molecular weight excluding hydrogens is 468 g/mol. The van der Waals surface area contributed by atoms with Gasteiger partial charge in [-0.15, -0.1) is 0 Å². The third-order valence-corrected chi connectivity index (χ3v) is 6.61. The van der Waals surface area contributed by atoms with Crippen molar-refractivity contribution in [2.24, 2.45) is 5.92 Å². The van der Waals surface area contributed by atoms with E-state index in [2.05, 4.69) is 22.4 Å². The van der Waals surface area contributed by atoms with E-state index in [-0.39, 0.29) is 30.4 Å². The molecule has 1 fully saturated rings. The zero-order chi connectivity index (χ0) is 26.2. The number of carbonyl (C=O) groups is 2. The van der Waals surface area contributed by atoms with Gasteiger partial charge < -0.3 is 15.0 Å². The van der Waals surface area contributed by atoms with E-state index < -0.39 is 0 Å². The Balaban J connectivity index is 1.39. The van der Waals surface area contributed by atoms with Gasteiger partial charge in [-0.1, -0.05) is 36.4 Å². The van der Waals surface area contributed by atoms with Crippen LogP contribution in [0.15, 0.2) is 65.5 Å². The second-order valence-corrected chi connectivity index (χ2v) is 9.56. The molecule has 3 aromatic rings. The predicted molar refractivity (Wildman–Crippen MR) is 142 cm³/mol. The summed E-state index contributed by atoms with van der Waals surface area (Å²) in [4.78, 5) is 39.2. The van der Waals surface area contributed by atoms with E-state index in [0.29, 0.717) is 30.3 Å². The van der Waals surface area contributed by atoms with Gasteiger partial charge in [-0.3, -0.25) is 14.4 Å². The minimum atomic E-state index is -0.282. The maximum Gasteiger partial charge on any atom is 0.310 e. The van der Waals surface area contributed by atoms with Crippen molar-refractivity contribution < 1.29 is 14.3 Å². The molecule has 1 saturated heterocycles. The van der Waals surface area contributed by atoms with Crippen LogP contribution >= 0.6 is 0 Å². The first kappa shape index (κ1) is 26.3. The standard InChI is InChI=1S/C29H34N4O4/c1-3-37-28(35)18-22-5-4-6-23(17-22)20-33-27(34)12-11-26(31-33)24-7-9-25(10-8-24)29(36)30-15-13-21-14-16-32(2)19-21/h4-12,17,21H,3,13-16,18-20H2,1-2H3,(H,30,36). The molecule has 1 unspecified atom stereocenters. The van der Waals surface area contributed by atoms with Gasteiger partial charge >= 0.3 is 5.97 Å². The number of aromatic nitrogens is 2. The van der Waals surface area contributed by atoms with Gasteiger partial charge in [-0.25, -0.2) is 4.68 Å². The highest BCUT2D eigenvalue weighted by Crippen LogP contribution is 2.18. The van der Waals surface area contributed by atoms with Gasteiger partial charge in [0.2, 0.25) is 0 Å². The molecule has 0 saturated carbocycles. The van der Waals surface area contributed by atoms with Crippen LogP contribution in [0, 0.1) is 5.92 Å². The molecule has 194 valence electrons. The molecule has 8 heteroatoms. The van der Waals surface area contributed by atoms with E-state index in [1.54, 1.807) is 25.1 Å². The Bertz CT molecular complexity index is 1290. The van der Waals surface area contributed by atoms with Gasteiger partial charge in [-0.2, -0.15) is 5.10 Å². The van der Waals surface area contributed by atoms with Crippen molar-refractivity contribution >= 4 is 11.9 Å². The third-order valence-electron chi connectivity index (χ3n) is 6.61. The maximum atomic E-state index is 12.6. The Hall–Kier alpha value is -3.78. The van der Waals surface area contributed by atoms with Gasteiger partial charge in [0.25, 0.3) is 11.5 Å². The summed E-state index contributed by atoms with van der Waals surface area (Å²) in [6.07, 6.45) is 2.36. The van der Waals surface area contributed by atoms with E-state index in [4.69, 9.17) is 4.74 Å². The van der Waals surface area contributed by atoms with Crippen molar-refractivity contribution in [2.75, 3.05) is 33.3 Å². The Morgan fingerprint density at radius 1 is 1.08 bits per heavy atom. The van der Waals surface area contributed by atoms with Crippen molar-refractivity contribution in [3.63, 3.8) is 0 Å². The van der Waals surface area contributed by atoms with Crippen molar-refractivity contribution in [3.8, 4) is 11.3 Å². The summed E-state index contributed by atoms with van der Waals surface area (Å²) in [6, 6.07) is 17.9. The van der Waals surface area contributed by atoms with Crippen LogP contribution in [0.4, 0.5) is 0 Å². The minimum absolute atomic E-state index is 0.0847. The van der Waals surface area contributed by atoms with Gasteiger partial charge in [-0.05, 0) is 68.6 Å². The molecule has 1 aliphatic heterocycles. The molecule has 1 atom stereocenters. The molecule has 1 aromatic heterocycles. The number of hydrogen-bond donors (Lipinski definition) is 1. The van der Waals surface area contributed by atoms with Crippen LogP contribution in [0.1, 0.15) is 41.3 Å². The lowest BCUT2D eigenvalue weighted by Crippen LogP contribution is -2.26. The summed E-state index contributed by atoms with van der Waals surface area (Å²) < 4.78 is 6.42. The summed E-state index contributed by atoms with van der Waals surface area (Å²) in [5, 5.41) is 7.56. The zero-order valence-electron chi connectivity index (χ0n) is 21.5. The first-order chi connectivity index (χ1) is 17.9. The summed E-state index contributed by atoms with van der Waals surface area (Å²) in [7, 11) is 2.13. The van der Waals surface area contributed by atoms with Crippen LogP contribution in [-0.4, -0.2) is 59.8 Å². The largest absolute Gasteiger partial charge is 0.466 e. The van der Waals surface area contributed by atoms with Gasteiger partial charge in [0, 0.05) is 30.3 Å². The average Bonchev–Trinajstić information content (AvgIpc) is 3.30. The molecular formula is C29H34N4O4. The average molecular weight is 503 g/mol. The number of hydrogen-bond acceptors (Lipinski definition) is 6. The maximum absolute atomic E-state index is 12.6. The molecule has 0 aliphatic carbocycles. The fraction of sp³-hybridized carbons (Fsp3) is 0.379. The quantitative estimate of drug-likeness (QED) is 0.428. The molecule has 4 rings (SSSR count). The Kier molecular flexibility index (Phi) is 8.85. The first-order valence-corrected chi connectivity index (χ1v) is 12.8. The number of benzene rings is 2. The minimum Gasteiger partial charge on any atom is -0.466 e. The van der Waals surface area contributed by atoms with Crippen LogP contribution in [0.5, 0.6) is 0 Å². The van der Waals surface area contributed by atoms with Crippen LogP contribution < -0.4 is 10.9 Å². The van der Waals surface area contributed by atoms with E-state index in [0.717, 1.165) is 36.2 Å². The number of rotatable bonds is 10. The number of ether oxygens (including phenoxy) is 1. The van der Waals surface area contributed by atoms with Crippen LogP contribution in [-0.2, 0) is 22.5 Å². The number of nitrogens with one attached hydrogen (secondary N) is 1. The molecule has 2 aromatic carbocycles. The van der Waals surface area contributed by atoms with Crippen molar-refractivity contribution in [3.05, 3.63) is 87.7 Å². The van der Waals surface area contributed by atoms with Crippen LogP contribution in [0.25, 0.3) is 11.3 Å². The number of likely N-dealkylation sites (tertiary alicyclic amines) is 1. The highest BCUT2D eigenvalue weighted by atomic mass is 16.5. The topological polar surface area (TPSA) is 93.5 Å². The Morgan fingerprint density at radius 3 is 2.59 bits per heavy atom. The van der Waals surface area contributed by atoms with Gasteiger partial charge in [0.05, 0.1) is 25.3 Å². The van der Waals surface area contributed by atoms with Crippen LogP contribution in [0.3, 0.4) is 0 Å². The molecule has 8 nitrogen and oxygen atoms in total. The predicted octanol–water partition coefficient (Wildman–Crippen LogP) is 3.14. The second-order valence-electron chi connectivity index (χ2n) is 9.56.